The molecule has 0 radical (unpaired) electrons. The van der Waals surface area contributed by atoms with Gasteiger partial charge in [-0.2, -0.15) is 0 Å². The van der Waals surface area contributed by atoms with Crippen LogP contribution in [0.25, 0.3) is 0 Å². The number of nitrogens with zero attached hydrogens (tertiary/aromatic N) is 2. The number of Topliss-reactive ketones (excluding diaryl/α,β-unsaturated/α-hetero) is 1. The van der Waals surface area contributed by atoms with Crippen molar-refractivity contribution >= 4 is 59.3 Å². The van der Waals surface area contributed by atoms with E-state index in [0.717, 1.165) is 25.7 Å². The maximum absolute atomic E-state index is 13.7. The van der Waals surface area contributed by atoms with E-state index in [1.54, 1.807) is 11.8 Å². The van der Waals surface area contributed by atoms with Gasteiger partial charge in [0.1, 0.15) is 24.2 Å². The van der Waals surface area contributed by atoms with Gasteiger partial charge < -0.3 is 41.9 Å². The molecule has 0 aromatic rings. The zero-order chi connectivity index (χ0) is 38.4. The highest BCUT2D eigenvalue weighted by atomic mass is 32.2. The molecule has 290 valence electrons. The Balaban J connectivity index is 1.37. The number of hydrogen-bond acceptors (Lipinski definition) is 10. The highest BCUT2D eigenvalue weighted by Crippen LogP contribution is 2.37. The normalized spacial score (nSPS) is 22.9. The summed E-state index contributed by atoms with van der Waals surface area (Å²) in [6.07, 6.45) is 6.11. The summed E-state index contributed by atoms with van der Waals surface area (Å²) in [7, 11) is 0. The maximum Gasteiger partial charge on any atom is 0.374 e. The lowest BCUT2D eigenvalue weighted by atomic mass is 10.0. The van der Waals surface area contributed by atoms with E-state index in [9.17, 15) is 38.7 Å². The minimum absolute atomic E-state index is 0.0227. The Morgan fingerprint density at radius 1 is 1.00 bits per heavy atom. The second kappa shape index (κ2) is 20.9. The molecule has 0 aromatic heterocycles. The van der Waals surface area contributed by atoms with Gasteiger partial charge in [0.15, 0.2) is 0 Å². The van der Waals surface area contributed by atoms with E-state index in [0.29, 0.717) is 63.1 Å². The molecule has 0 aromatic carbocycles. The lowest BCUT2D eigenvalue weighted by Gasteiger charge is -2.30. The molecule has 3 rings (SSSR count). The molecule has 3 aliphatic rings. The Hall–Kier alpha value is -4.02. The minimum atomic E-state index is -1.35. The van der Waals surface area contributed by atoms with E-state index in [2.05, 4.69) is 36.7 Å². The first-order valence-corrected chi connectivity index (χ1v) is 19.3. The average molecular weight is 751 g/mol. The molecule has 3 aliphatic heterocycles. The Morgan fingerprint density at radius 2 is 1.71 bits per heavy atom. The van der Waals surface area contributed by atoms with Crippen molar-refractivity contribution in [2.24, 2.45) is 5.92 Å². The fourth-order valence-corrected chi connectivity index (χ4v) is 8.21. The van der Waals surface area contributed by atoms with Gasteiger partial charge in [-0.1, -0.05) is 20.3 Å². The summed E-state index contributed by atoms with van der Waals surface area (Å²) in [5.41, 5.74) is 6.82. The number of rotatable bonds is 21. The SMILES string of the molecule is CC(C)C[C@H](NC(=O)CCCCNC(=O)CCCCC1CC2NC(=O)NC2S1)C(=O)N1CCC[C@H]1C(=O)N[C@@H](C)C(=O)N[C@H](C(=O)C=[N+]=N)C(C)O. The Morgan fingerprint density at radius 3 is 2.38 bits per heavy atom. The van der Waals surface area contributed by atoms with Crippen molar-refractivity contribution in [3.05, 3.63) is 0 Å². The Bertz CT molecular complexity index is 1340. The molecule has 0 saturated carbocycles. The topological polar surface area (TPSA) is 253 Å². The van der Waals surface area contributed by atoms with E-state index in [-0.39, 0.29) is 47.5 Å². The fraction of sp³-hybridized carbons (Fsp3) is 0.765. The van der Waals surface area contributed by atoms with Crippen molar-refractivity contribution in [2.75, 3.05) is 13.1 Å². The summed E-state index contributed by atoms with van der Waals surface area (Å²) in [4.78, 5) is 92.6. The quantitative estimate of drug-likeness (QED) is 0.0343. The van der Waals surface area contributed by atoms with Crippen molar-refractivity contribution in [3.8, 4) is 0 Å². The first-order chi connectivity index (χ1) is 24.7. The molecule has 18 heteroatoms. The molecule has 4 unspecified atom stereocenters. The van der Waals surface area contributed by atoms with Crippen molar-refractivity contribution in [3.63, 3.8) is 0 Å². The maximum atomic E-state index is 13.7. The summed E-state index contributed by atoms with van der Waals surface area (Å²) < 4.78 is 0. The van der Waals surface area contributed by atoms with Crippen LogP contribution in [0.5, 0.6) is 0 Å². The molecule has 17 nitrogen and oxygen atoms in total. The number of carbonyl (C=O) groups excluding carboxylic acids is 7. The third-order valence-electron chi connectivity index (χ3n) is 9.35. The number of aliphatic hydroxyl groups excluding tert-OH is 1. The number of ketones is 1. The molecule has 3 heterocycles. The minimum Gasteiger partial charge on any atom is -0.391 e. The van der Waals surface area contributed by atoms with Crippen LogP contribution in [0.15, 0.2) is 0 Å². The summed E-state index contributed by atoms with van der Waals surface area (Å²) in [5.74, 6) is -2.69. The van der Waals surface area contributed by atoms with Crippen LogP contribution in [0.3, 0.4) is 0 Å². The number of hydrogen-bond donors (Lipinski definition) is 8. The standard InChI is InChI=1S/C34H55N9O8S/c1-19(2)16-24(33(50)43-15-9-11-25(43)31(49)38-20(3)30(48)41-29(21(4)44)26(45)18-37-35)39-28(47)13-7-8-14-36-27(46)12-6-5-10-22-17-23-32(52-22)42-34(51)40-23/h18-25,29,32,35,44H,5-17H2,1-4H3,(H5-,36,38,39,40,41,42,46,47,48,49,51)/p+1/t20-,21?,22?,23?,24-,25-,29-,32?/m0/s1. The monoisotopic (exact) mass is 750 g/mol. The first kappa shape index (κ1) is 42.4. The van der Waals surface area contributed by atoms with Gasteiger partial charge in [0.05, 0.1) is 27.8 Å². The number of urea groups is 1. The van der Waals surface area contributed by atoms with Crippen LogP contribution in [0.4, 0.5) is 4.79 Å². The van der Waals surface area contributed by atoms with Gasteiger partial charge in [-0.05, 0) is 71.1 Å². The third kappa shape index (κ3) is 13.2. The van der Waals surface area contributed by atoms with Gasteiger partial charge >= 0.3 is 12.2 Å². The summed E-state index contributed by atoms with van der Waals surface area (Å²) in [6, 6.07) is -4.05. The number of amides is 7. The first-order valence-electron chi connectivity index (χ1n) is 18.3. The van der Waals surface area contributed by atoms with Crippen LogP contribution in [-0.4, -0.2) is 122 Å². The largest absolute Gasteiger partial charge is 0.391 e. The van der Waals surface area contributed by atoms with Gasteiger partial charge in [-0.15, -0.1) is 11.8 Å². The van der Waals surface area contributed by atoms with Crippen LogP contribution < -0.4 is 31.9 Å². The molecule has 0 aliphatic carbocycles. The van der Waals surface area contributed by atoms with Gasteiger partial charge in [0.2, 0.25) is 29.5 Å². The molecule has 0 spiro atoms. The molecular formula is C34H56N9O8S+. The van der Waals surface area contributed by atoms with Gasteiger partial charge in [-0.25, -0.2) is 4.79 Å². The van der Waals surface area contributed by atoms with Crippen LogP contribution in [0.2, 0.25) is 0 Å². The second-order valence-corrected chi connectivity index (χ2v) is 15.7. The van der Waals surface area contributed by atoms with Crippen molar-refractivity contribution < 1.29 is 43.5 Å². The van der Waals surface area contributed by atoms with Crippen LogP contribution >= 0.6 is 11.8 Å². The number of carbonyl (C=O) groups is 7. The highest BCUT2D eigenvalue weighted by molar-refractivity contribution is 8.00. The zero-order valence-electron chi connectivity index (χ0n) is 30.6. The van der Waals surface area contributed by atoms with Crippen molar-refractivity contribution in [1.29, 1.82) is 5.53 Å². The Labute approximate surface area is 308 Å². The highest BCUT2D eigenvalue weighted by Gasteiger charge is 2.41. The van der Waals surface area contributed by atoms with E-state index in [1.165, 1.54) is 18.7 Å². The van der Waals surface area contributed by atoms with Crippen LogP contribution in [0.1, 0.15) is 98.3 Å². The fourth-order valence-electron chi connectivity index (χ4n) is 6.63. The molecule has 3 fully saturated rings. The van der Waals surface area contributed by atoms with Gasteiger partial charge in [-0.3, -0.25) is 28.8 Å². The Kier molecular flexibility index (Phi) is 17.0. The predicted molar refractivity (Wildman–Crippen MR) is 192 cm³/mol. The molecule has 3 saturated heterocycles. The lowest BCUT2D eigenvalue weighted by Crippen LogP contribution is -2.57. The molecule has 0 bridgehead atoms. The van der Waals surface area contributed by atoms with Crippen LogP contribution in [0, 0.1) is 11.4 Å². The summed E-state index contributed by atoms with van der Waals surface area (Å²) in [6.45, 7) is 7.33. The zero-order valence-corrected chi connectivity index (χ0v) is 31.4. The number of aliphatic hydroxyl groups is 1. The van der Waals surface area contributed by atoms with E-state index in [1.807, 2.05) is 13.8 Å². The molecular weight excluding hydrogens is 694 g/mol. The van der Waals surface area contributed by atoms with E-state index >= 15 is 0 Å². The van der Waals surface area contributed by atoms with Crippen LogP contribution in [-0.2, 0) is 28.8 Å². The molecule has 8 atom stereocenters. The van der Waals surface area contributed by atoms with Crippen molar-refractivity contribution in [1.82, 2.24) is 36.8 Å². The average Bonchev–Trinajstić information content (AvgIpc) is 3.79. The molecule has 52 heavy (non-hydrogen) atoms. The van der Waals surface area contributed by atoms with Crippen molar-refractivity contribution in [2.45, 2.75) is 145 Å². The van der Waals surface area contributed by atoms with E-state index < -0.39 is 47.9 Å². The predicted octanol–water partition coefficient (Wildman–Crippen LogP) is 0.118. The molecule has 7 amide bonds. The smallest absolute Gasteiger partial charge is 0.374 e. The number of fused-ring (bicyclic) bond motifs is 1. The summed E-state index contributed by atoms with van der Waals surface area (Å²) >= 11 is 1.79. The second-order valence-electron chi connectivity index (χ2n) is 14.2. The van der Waals surface area contributed by atoms with Gasteiger partial charge in [0.25, 0.3) is 5.78 Å². The number of unbranched alkanes of at least 4 members (excludes halogenated alkanes) is 2. The molecule has 8 N–H and O–H groups in total. The number of nitrogens with one attached hydrogen (secondary N) is 7. The number of thioether (sulfide) groups is 1. The number of likely N-dealkylation sites (tertiary alicyclic amines) is 1. The summed E-state index contributed by atoms with van der Waals surface area (Å²) in [5, 5.41) is 27.1. The third-order valence-corrected chi connectivity index (χ3v) is 10.9. The van der Waals surface area contributed by atoms with Gasteiger partial charge in [0, 0.05) is 31.2 Å². The lowest BCUT2D eigenvalue weighted by molar-refractivity contribution is -0.142. The van der Waals surface area contributed by atoms with E-state index in [4.69, 9.17) is 5.53 Å².